The van der Waals surface area contributed by atoms with Crippen molar-refractivity contribution in [1.29, 1.82) is 0 Å². The maximum atomic E-state index is 12.5. The van der Waals surface area contributed by atoms with Gasteiger partial charge in [-0.15, -0.1) is 0 Å². The van der Waals surface area contributed by atoms with Crippen LogP contribution in [0.3, 0.4) is 0 Å². The summed E-state index contributed by atoms with van der Waals surface area (Å²) in [6, 6.07) is 5.89. The monoisotopic (exact) mass is 358 g/mol. The fourth-order valence-electron chi connectivity index (χ4n) is 2.35. The molecular formula is C14H19IN2O. The Morgan fingerprint density at radius 3 is 2.89 bits per heavy atom. The summed E-state index contributed by atoms with van der Waals surface area (Å²) in [7, 11) is 0. The Labute approximate surface area is 122 Å². The minimum absolute atomic E-state index is 0.0882. The third-order valence-corrected chi connectivity index (χ3v) is 5.19. The molecule has 98 valence electrons. The predicted molar refractivity (Wildman–Crippen MR) is 81.6 cm³/mol. The average Bonchev–Trinajstić information content (AvgIpc) is 2.75. The zero-order valence-electron chi connectivity index (χ0n) is 10.9. The molecule has 1 atom stereocenters. The first-order valence-electron chi connectivity index (χ1n) is 6.21. The van der Waals surface area contributed by atoms with Gasteiger partial charge in [0.15, 0.2) is 0 Å². The second-order valence-electron chi connectivity index (χ2n) is 5.43. The van der Waals surface area contributed by atoms with Crippen LogP contribution >= 0.6 is 22.6 Å². The number of aryl methyl sites for hydroxylation is 1. The number of nitrogens with zero attached hydrogens (tertiary/aromatic N) is 1. The molecule has 0 saturated carbocycles. The van der Waals surface area contributed by atoms with Crippen LogP contribution in [0, 0.1) is 15.9 Å². The van der Waals surface area contributed by atoms with Gasteiger partial charge < -0.3 is 10.6 Å². The smallest absolute Gasteiger partial charge is 0.254 e. The first-order valence-corrected chi connectivity index (χ1v) is 7.29. The molecule has 0 aliphatic carbocycles. The van der Waals surface area contributed by atoms with E-state index in [-0.39, 0.29) is 11.3 Å². The molecule has 1 aromatic carbocycles. The Balaban J connectivity index is 2.21. The van der Waals surface area contributed by atoms with Crippen molar-refractivity contribution in [3.8, 4) is 0 Å². The summed E-state index contributed by atoms with van der Waals surface area (Å²) in [4.78, 5) is 14.4. The molecule has 1 unspecified atom stereocenters. The largest absolute Gasteiger partial charge is 0.338 e. The highest BCUT2D eigenvalue weighted by Gasteiger charge is 2.35. The lowest BCUT2D eigenvalue weighted by atomic mass is 9.90. The van der Waals surface area contributed by atoms with Gasteiger partial charge in [0.2, 0.25) is 0 Å². The number of rotatable bonds is 2. The number of halogens is 1. The zero-order chi connectivity index (χ0) is 13.3. The quantitative estimate of drug-likeness (QED) is 0.826. The lowest BCUT2D eigenvalue weighted by molar-refractivity contribution is 0.0775. The van der Waals surface area contributed by atoms with E-state index in [1.165, 1.54) is 0 Å². The molecule has 1 heterocycles. The van der Waals surface area contributed by atoms with Crippen molar-refractivity contribution in [2.24, 2.45) is 11.1 Å². The highest BCUT2D eigenvalue weighted by molar-refractivity contribution is 14.1. The molecule has 0 spiro atoms. The Morgan fingerprint density at radius 2 is 2.28 bits per heavy atom. The molecule has 1 saturated heterocycles. The van der Waals surface area contributed by atoms with E-state index >= 15 is 0 Å². The van der Waals surface area contributed by atoms with Gasteiger partial charge in [-0.3, -0.25) is 4.79 Å². The van der Waals surface area contributed by atoms with Crippen LogP contribution < -0.4 is 5.73 Å². The summed E-state index contributed by atoms with van der Waals surface area (Å²) in [6.45, 7) is 6.42. The van der Waals surface area contributed by atoms with E-state index in [1.54, 1.807) is 0 Å². The van der Waals surface area contributed by atoms with Crippen LogP contribution in [0.1, 0.15) is 29.3 Å². The third-order valence-electron chi connectivity index (χ3n) is 3.76. The van der Waals surface area contributed by atoms with Crippen molar-refractivity contribution in [2.75, 3.05) is 19.6 Å². The van der Waals surface area contributed by atoms with Crippen LogP contribution in [0.2, 0.25) is 0 Å². The maximum Gasteiger partial charge on any atom is 0.254 e. The first-order chi connectivity index (χ1) is 8.47. The highest BCUT2D eigenvalue weighted by atomic mass is 127. The Bertz CT molecular complexity index is 475. The van der Waals surface area contributed by atoms with Gasteiger partial charge in [0, 0.05) is 16.7 Å². The Hall–Kier alpha value is -0.620. The summed E-state index contributed by atoms with van der Waals surface area (Å²) in [5.74, 6) is 0.139. The van der Waals surface area contributed by atoms with Gasteiger partial charge >= 0.3 is 0 Å². The second kappa shape index (κ2) is 5.17. The first kappa shape index (κ1) is 13.8. The standard InChI is InChI=1S/C14H19IN2O/c1-10-4-3-5-11(12(10)15)13(18)17-7-6-14(2,8-16)9-17/h3-5H,6-9,16H2,1-2H3. The second-order valence-corrected chi connectivity index (χ2v) is 6.51. The van der Waals surface area contributed by atoms with E-state index in [9.17, 15) is 4.79 Å². The van der Waals surface area contributed by atoms with Gasteiger partial charge in [0.25, 0.3) is 5.91 Å². The Morgan fingerprint density at radius 1 is 1.56 bits per heavy atom. The topological polar surface area (TPSA) is 46.3 Å². The molecule has 3 nitrogen and oxygen atoms in total. The fourth-order valence-corrected chi connectivity index (χ4v) is 2.94. The maximum absolute atomic E-state index is 12.5. The number of likely N-dealkylation sites (tertiary alicyclic amines) is 1. The van der Waals surface area contributed by atoms with Gasteiger partial charge in [-0.25, -0.2) is 0 Å². The molecule has 4 heteroatoms. The Kier molecular flexibility index (Phi) is 3.96. The fraction of sp³-hybridized carbons (Fsp3) is 0.500. The van der Waals surface area contributed by atoms with Gasteiger partial charge in [-0.05, 0) is 59.5 Å². The molecule has 0 radical (unpaired) electrons. The van der Waals surface area contributed by atoms with Gasteiger partial charge in [-0.1, -0.05) is 19.1 Å². The number of benzene rings is 1. The van der Waals surface area contributed by atoms with Crippen LogP contribution in [-0.2, 0) is 0 Å². The average molecular weight is 358 g/mol. The van der Waals surface area contributed by atoms with Crippen molar-refractivity contribution in [3.63, 3.8) is 0 Å². The molecule has 2 rings (SSSR count). The van der Waals surface area contributed by atoms with E-state index < -0.39 is 0 Å². The van der Waals surface area contributed by atoms with Crippen LogP contribution in [0.15, 0.2) is 18.2 Å². The number of hydrogen-bond donors (Lipinski definition) is 1. The van der Waals surface area contributed by atoms with E-state index in [0.717, 1.165) is 34.2 Å². The van der Waals surface area contributed by atoms with Crippen LogP contribution in [0.5, 0.6) is 0 Å². The van der Waals surface area contributed by atoms with Crippen LogP contribution in [0.25, 0.3) is 0 Å². The third kappa shape index (κ3) is 2.54. The molecule has 1 aliphatic rings. The van der Waals surface area contributed by atoms with Crippen LogP contribution in [0.4, 0.5) is 0 Å². The number of hydrogen-bond acceptors (Lipinski definition) is 2. The molecule has 2 N–H and O–H groups in total. The van der Waals surface area contributed by atoms with E-state index in [4.69, 9.17) is 5.73 Å². The molecule has 18 heavy (non-hydrogen) atoms. The molecule has 0 aromatic heterocycles. The normalized spacial score (nSPS) is 23.4. The summed E-state index contributed by atoms with van der Waals surface area (Å²) < 4.78 is 1.06. The number of amides is 1. The minimum Gasteiger partial charge on any atom is -0.338 e. The highest BCUT2D eigenvalue weighted by Crippen LogP contribution is 2.30. The number of nitrogens with two attached hydrogens (primary N) is 1. The van der Waals surface area contributed by atoms with E-state index in [0.29, 0.717) is 6.54 Å². The lowest BCUT2D eigenvalue weighted by Gasteiger charge is -2.23. The van der Waals surface area contributed by atoms with Gasteiger partial charge in [0.05, 0.1) is 5.56 Å². The van der Waals surface area contributed by atoms with Crippen molar-refractivity contribution >= 4 is 28.5 Å². The van der Waals surface area contributed by atoms with Crippen molar-refractivity contribution < 1.29 is 4.79 Å². The molecule has 1 fully saturated rings. The molecule has 0 bridgehead atoms. The zero-order valence-corrected chi connectivity index (χ0v) is 13.0. The predicted octanol–water partition coefficient (Wildman–Crippen LogP) is 2.41. The summed E-state index contributed by atoms with van der Waals surface area (Å²) in [6.07, 6.45) is 0.998. The lowest BCUT2D eigenvalue weighted by Crippen LogP contribution is -2.34. The van der Waals surface area contributed by atoms with Crippen molar-refractivity contribution in [3.05, 3.63) is 32.9 Å². The number of carbonyl (C=O) groups excluding carboxylic acids is 1. The molecule has 1 aromatic rings. The summed E-state index contributed by atoms with van der Waals surface area (Å²) in [5, 5.41) is 0. The summed E-state index contributed by atoms with van der Waals surface area (Å²) >= 11 is 2.25. The SMILES string of the molecule is Cc1cccc(C(=O)N2CCC(C)(CN)C2)c1I. The van der Waals surface area contributed by atoms with Crippen LogP contribution in [-0.4, -0.2) is 30.4 Å². The molecule has 1 aliphatic heterocycles. The van der Waals surface area contributed by atoms with Crippen molar-refractivity contribution in [1.82, 2.24) is 4.90 Å². The molecule has 1 amide bonds. The minimum atomic E-state index is 0.0882. The van der Waals surface area contributed by atoms with Gasteiger partial charge in [0.1, 0.15) is 0 Å². The van der Waals surface area contributed by atoms with E-state index in [1.807, 2.05) is 30.0 Å². The van der Waals surface area contributed by atoms with Crippen molar-refractivity contribution in [2.45, 2.75) is 20.3 Å². The van der Waals surface area contributed by atoms with E-state index in [2.05, 4.69) is 29.5 Å². The number of carbonyl (C=O) groups is 1. The van der Waals surface area contributed by atoms with Gasteiger partial charge in [-0.2, -0.15) is 0 Å². The molecular weight excluding hydrogens is 339 g/mol. The summed E-state index contributed by atoms with van der Waals surface area (Å²) in [5.41, 5.74) is 7.84.